The second-order valence-electron chi connectivity index (χ2n) is 8.66. The Kier molecular flexibility index (Phi) is 7.21. The van der Waals surface area contributed by atoms with Crippen molar-refractivity contribution in [2.75, 3.05) is 6.26 Å². The Hall–Kier alpha value is -3.75. The van der Waals surface area contributed by atoms with Crippen LogP contribution in [0.3, 0.4) is 0 Å². The monoisotopic (exact) mass is 529 g/mol. The van der Waals surface area contributed by atoms with E-state index in [1.165, 1.54) is 30.3 Å². The molecule has 0 aliphatic carbocycles. The molecule has 0 aliphatic rings. The number of imidazole rings is 1. The summed E-state index contributed by atoms with van der Waals surface area (Å²) < 4.78 is 41.5. The largest absolute Gasteiger partial charge is 0.272 e. The van der Waals surface area contributed by atoms with Crippen molar-refractivity contribution in [1.82, 2.24) is 13.9 Å². The van der Waals surface area contributed by atoms with Gasteiger partial charge in [0.15, 0.2) is 9.84 Å². The molecule has 0 radical (unpaired) electrons. The van der Waals surface area contributed by atoms with E-state index in [0.29, 0.717) is 17.5 Å². The van der Waals surface area contributed by atoms with Crippen LogP contribution in [0.4, 0.5) is 4.39 Å². The number of aromatic nitrogens is 3. The van der Waals surface area contributed by atoms with E-state index in [4.69, 9.17) is 0 Å². The van der Waals surface area contributed by atoms with Gasteiger partial charge in [0.05, 0.1) is 22.0 Å². The SMILES string of the molecule is CS(=O)(=O)c1cc(-c2ccc(F)cc2)ccc1C(Cc1ccccc1)Sn1cncc1-c1ccncc1. The van der Waals surface area contributed by atoms with E-state index < -0.39 is 9.84 Å². The average molecular weight is 530 g/mol. The van der Waals surface area contributed by atoms with Crippen molar-refractivity contribution in [3.05, 3.63) is 127 Å². The van der Waals surface area contributed by atoms with E-state index in [9.17, 15) is 12.8 Å². The summed E-state index contributed by atoms with van der Waals surface area (Å²) in [5, 5.41) is -0.232. The first-order chi connectivity index (χ1) is 17.9. The van der Waals surface area contributed by atoms with Gasteiger partial charge in [0.2, 0.25) is 0 Å². The van der Waals surface area contributed by atoms with Crippen LogP contribution in [-0.2, 0) is 16.3 Å². The number of hydrogen-bond donors (Lipinski definition) is 0. The topological polar surface area (TPSA) is 64.8 Å². The van der Waals surface area contributed by atoms with Crippen molar-refractivity contribution in [3.63, 3.8) is 0 Å². The Morgan fingerprint density at radius 1 is 0.865 bits per heavy atom. The van der Waals surface area contributed by atoms with Crippen molar-refractivity contribution in [3.8, 4) is 22.4 Å². The first-order valence-electron chi connectivity index (χ1n) is 11.6. The van der Waals surface area contributed by atoms with Crippen molar-refractivity contribution >= 4 is 21.8 Å². The Labute approximate surface area is 220 Å². The quantitative estimate of drug-likeness (QED) is 0.226. The van der Waals surface area contributed by atoms with Crippen LogP contribution in [0.25, 0.3) is 22.4 Å². The van der Waals surface area contributed by atoms with Gasteiger partial charge in [0, 0.05) is 24.2 Å². The number of pyridine rings is 1. The fourth-order valence-corrected chi connectivity index (χ4v) is 6.49. The van der Waals surface area contributed by atoms with E-state index in [0.717, 1.165) is 22.4 Å². The third-order valence-corrected chi connectivity index (χ3v) is 8.37. The number of benzene rings is 3. The van der Waals surface area contributed by atoms with Crippen LogP contribution in [0.2, 0.25) is 0 Å². The van der Waals surface area contributed by atoms with Crippen molar-refractivity contribution in [2.24, 2.45) is 0 Å². The summed E-state index contributed by atoms with van der Waals surface area (Å²) in [5.74, 6) is -0.339. The average Bonchev–Trinajstić information content (AvgIpc) is 3.37. The normalized spacial score (nSPS) is 12.4. The zero-order valence-corrected chi connectivity index (χ0v) is 21.7. The predicted octanol–water partition coefficient (Wildman–Crippen LogP) is 6.64. The molecule has 0 bridgehead atoms. The van der Waals surface area contributed by atoms with Crippen LogP contribution in [-0.4, -0.2) is 28.6 Å². The van der Waals surface area contributed by atoms with Crippen LogP contribution in [0.1, 0.15) is 16.4 Å². The molecule has 1 unspecified atom stereocenters. The van der Waals surface area contributed by atoms with Crippen molar-refractivity contribution in [1.29, 1.82) is 0 Å². The fraction of sp³-hybridized carbons (Fsp3) is 0.103. The molecule has 5 nitrogen and oxygen atoms in total. The molecular weight excluding hydrogens is 505 g/mol. The first-order valence-corrected chi connectivity index (χ1v) is 14.3. The summed E-state index contributed by atoms with van der Waals surface area (Å²) in [6.07, 6.45) is 8.83. The molecule has 2 aromatic heterocycles. The molecule has 2 heterocycles. The number of hydrogen-bond acceptors (Lipinski definition) is 5. The van der Waals surface area contributed by atoms with E-state index in [1.807, 2.05) is 58.6 Å². The summed E-state index contributed by atoms with van der Waals surface area (Å²) in [6.45, 7) is 0. The fourth-order valence-electron chi connectivity index (χ4n) is 4.20. The van der Waals surface area contributed by atoms with E-state index in [-0.39, 0.29) is 16.0 Å². The molecule has 0 spiro atoms. The van der Waals surface area contributed by atoms with E-state index in [2.05, 4.69) is 9.97 Å². The van der Waals surface area contributed by atoms with E-state index in [1.54, 1.807) is 43.1 Å². The van der Waals surface area contributed by atoms with Gasteiger partial charge >= 0.3 is 0 Å². The van der Waals surface area contributed by atoms with Gasteiger partial charge in [-0.2, -0.15) is 0 Å². The van der Waals surface area contributed by atoms with Crippen LogP contribution < -0.4 is 0 Å². The smallest absolute Gasteiger partial charge is 0.175 e. The molecule has 8 heteroatoms. The molecule has 0 amide bonds. The highest BCUT2D eigenvalue weighted by molar-refractivity contribution is 7.98. The summed E-state index contributed by atoms with van der Waals surface area (Å²) >= 11 is 1.52. The van der Waals surface area contributed by atoms with Gasteiger partial charge in [-0.1, -0.05) is 54.6 Å². The van der Waals surface area contributed by atoms with Crippen LogP contribution in [0.5, 0.6) is 0 Å². The van der Waals surface area contributed by atoms with Crippen LogP contribution in [0, 0.1) is 5.82 Å². The maximum Gasteiger partial charge on any atom is 0.175 e. The molecule has 1 atom stereocenters. The molecule has 0 N–H and O–H groups in total. The molecule has 0 fully saturated rings. The molecular formula is C29H24FN3O2S2. The molecule has 0 saturated carbocycles. The van der Waals surface area contributed by atoms with Gasteiger partial charge in [-0.05, 0) is 71.0 Å². The summed E-state index contributed by atoms with van der Waals surface area (Å²) in [5.41, 5.74) is 5.12. The third kappa shape index (κ3) is 5.81. The molecule has 5 rings (SSSR count). The van der Waals surface area contributed by atoms with Gasteiger partial charge in [-0.25, -0.2) is 17.8 Å². The first kappa shape index (κ1) is 24.9. The zero-order chi connectivity index (χ0) is 25.8. The van der Waals surface area contributed by atoms with Crippen molar-refractivity contribution < 1.29 is 12.8 Å². The van der Waals surface area contributed by atoms with Gasteiger partial charge < -0.3 is 0 Å². The Bertz CT molecular complexity index is 1600. The van der Waals surface area contributed by atoms with Gasteiger partial charge in [-0.15, -0.1) is 0 Å². The Morgan fingerprint density at radius 3 is 2.27 bits per heavy atom. The molecule has 0 saturated heterocycles. The van der Waals surface area contributed by atoms with Gasteiger partial charge in [0.25, 0.3) is 0 Å². The van der Waals surface area contributed by atoms with Gasteiger partial charge in [-0.3, -0.25) is 8.96 Å². The zero-order valence-electron chi connectivity index (χ0n) is 20.0. The lowest BCUT2D eigenvalue weighted by Crippen LogP contribution is -2.09. The minimum Gasteiger partial charge on any atom is -0.272 e. The highest BCUT2D eigenvalue weighted by Crippen LogP contribution is 2.40. The third-order valence-electron chi connectivity index (χ3n) is 6.02. The lowest BCUT2D eigenvalue weighted by Gasteiger charge is -2.22. The number of rotatable bonds is 8. The Morgan fingerprint density at radius 2 is 1.57 bits per heavy atom. The maximum atomic E-state index is 13.5. The predicted molar refractivity (Wildman–Crippen MR) is 146 cm³/mol. The van der Waals surface area contributed by atoms with Crippen LogP contribution in [0.15, 0.2) is 115 Å². The van der Waals surface area contributed by atoms with Crippen molar-refractivity contribution in [2.45, 2.75) is 16.6 Å². The molecule has 37 heavy (non-hydrogen) atoms. The number of halogens is 1. The minimum atomic E-state index is -3.57. The lowest BCUT2D eigenvalue weighted by molar-refractivity contribution is 0.600. The Balaban J connectivity index is 1.60. The molecule has 186 valence electrons. The second kappa shape index (κ2) is 10.7. The molecule has 5 aromatic rings. The summed E-state index contributed by atoms with van der Waals surface area (Å²) in [6, 6.07) is 25.3. The summed E-state index contributed by atoms with van der Waals surface area (Å²) in [7, 11) is -3.57. The molecule has 0 aliphatic heterocycles. The minimum absolute atomic E-state index is 0.232. The maximum absolute atomic E-state index is 13.5. The highest BCUT2D eigenvalue weighted by atomic mass is 32.2. The summed E-state index contributed by atoms with van der Waals surface area (Å²) in [4.78, 5) is 8.72. The standard InChI is InChI=1S/C29H24FN3O2S2/c1-37(34,35)29-18-24(22-7-10-25(30)11-8-22)9-12-26(29)28(17-21-5-3-2-4-6-21)36-33-20-32-19-27(33)23-13-15-31-16-14-23/h2-16,18-20,28H,17H2,1H3. The number of sulfone groups is 1. The molecule has 3 aromatic carbocycles. The second-order valence-corrected chi connectivity index (χ2v) is 11.8. The van der Waals surface area contributed by atoms with Gasteiger partial charge in [0.1, 0.15) is 12.1 Å². The lowest BCUT2D eigenvalue weighted by atomic mass is 9.99. The highest BCUT2D eigenvalue weighted by Gasteiger charge is 2.24. The van der Waals surface area contributed by atoms with Crippen LogP contribution >= 0.6 is 11.9 Å². The van der Waals surface area contributed by atoms with E-state index >= 15 is 0 Å². The number of nitrogens with zero attached hydrogens (tertiary/aromatic N) is 3.